The first-order chi connectivity index (χ1) is 16.5. The summed E-state index contributed by atoms with van der Waals surface area (Å²) in [6, 6.07) is 22.2. The van der Waals surface area contributed by atoms with E-state index in [1.54, 1.807) is 30.3 Å². The molecule has 0 radical (unpaired) electrons. The van der Waals surface area contributed by atoms with E-state index < -0.39 is 4.92 Å². The zero-order valence-corrected chi connectivity index (χ0v) is 17.9. The molecule has 0 aliphatic heterocycles. The van der Waals surface area contributed by atoms with Crippen molar-refractivity contribution >= 4 is 16.6 Å². The summed E-state index contributed by atoms with van der Waals surface area (Å²) in [5.41, 5.74) is 3.99. The third-order valence-corrected chi connectivity index (χ3v) is 5.76. The second-order valence-corrected chi connectivity index (χ2v) is 8.02. The van der Waals surface area contributed by atoms with Crippen LogP contribution in [0.1, 0.15) is 16.7 Å². The summed E-state index contributed by atoms with van der Waals surface area (Å²) in [4.78, 5) is 23.6. The predicted octanol–water partition coefficient (Wildman–Crippen LogP) is 5.08. The van der Waals surface area contributed by atoms with Gasteiger partial charge in [-0.05, 0) is 47.5 Å². The number of non-ortho nitro benzene ring substituents is 1. The minimum Gasteiger partial charge on any atom is -0.343 e. The molecule has 1 N–H and O–H groups in total. The molecule has 0 saturated heterocycles. The monoisotopic (exact) mass is 454 g/mol. The van der Waals surface area contributed by atoms with Crippen LogP contribution in [-0.2, 0) is 13.0 Å². The van der Waals surface area contributed by atoms with Crippen molar-refractivity contribution in [3.63, 3.8) is 0 Å². The molecule has 0 fully saturated rings. The molecule has 5 rings (SSSR count). The number of nitrogens with zero attached hydrogens (tertiary/aromatic N) is 3. The van der Waals surface area contributed by atoms with E-state index >= 15 is 0 Å². The molecular weight excluding hydrogens is 435 g/mol. The zero-order valence-electron chi connectivity index (χ0n) is 17.9. The van der Waals surface area contributed by atoms with Gasteiger partial charge in [0.2, 0.25) is 0 Å². The molecule has 34 heavy (non-hydrogen) atoms. The molecule has 168 valence electrons. The van der Waals surface area contributed by atoms with Gasteiger partial charge in [0.1, 0.15) is 5.82 Å². The number of benzene rings is 3. The van der Waals surface area contributed by atoms with Crippen LogP contribution < -0.4 is 5.56 Å². The second kappa shape index (κ2) is 8.74. The number of rotatable bonds is 6. The lowest BCUT2D eigenvalue weighted by Crippen LogP contribution is -2.15. The number of H-pyrrole nitrogens is 1. The maximum atomic E-state index is 13.3. The number of nitrogens with one attached hydrogen (secondary N) is 1. The summed E-state index contributed by atoms with van der Waals surface area (Å²) < 4.78 is 15.3. The van der Waals surface area contributed by atoms with Crippen molar-refractivity contribution in [3.8, 4) is 11.3 Å². The van der Waals surface area contributed by atoms with E-state index in [1.165, 1.54) is 18.2 Å². The number of aromatic amines is 1. The summed E-state index contributed by atoms with van der Waals surface area (Å²) >= 11 is 0. The molecule has 0 spiro atoms. The van der Waals surface area contributed by atoms with Gasteiger partial charge in [0, 0.05) is 53.3 Å². The normalized spacial score (nSPS) is 11.1. The molecule has 0 bridgehead atoms. The predicted molar refractivity (Wildman–Crippen MR) is 127 cm³/mol. The van der Waals surface area contributed by atoms with E-state index in [9.17, 15) is 19.3 Å². The molecule has 0 unspecified atom stereocenters. The van der Waals surface area contributed by atoms with Crippen LogP contribution in [0.15, 0.2) is 89.9 Å². The van der Waals surface area contributed by atoms with Crippen molar-refractivity contribution in [1.82, 2.24) is 14.8 Å². The highest BCUT2D eigenvalue weighted by molar-refractivity contribution is 5.86. The fourth-order valence-corrected chi connectivity index (χ4v) is 4.07. The van der Waals surface area contributed by atoms with Gasteiger partial charge < -0.3 is 4.57 Å². The van der Waals surface area contributed by atoms with Crippen molar-refractivity contribution in [2.75, 3.05) is 0 Å². The number of nitro benzene ring substituents is 1. The van der Waals surface area contributed by atoms with Crippen LogP contribution in [0.4, 0.5) is 10.1 Å². The van der Waals surface area contributed by atoms with Crippen LogP contribution in [0.3, 0.4) is 0 Å². The third-order valence-electron chi connectivity index (χ3n) is 5.76. The van der Waals surface area contributed by atoms with Gasteiger partial charge in [-0.1, -0.05) is 30.3 Å². The number of hydrogen-bond donors (Lipinski definition) is 1. The van der Waals surface area contributed by atoms with Crippen molar-refractivity contribution < 1.29 is 9.31 Å². The summed E-state index contributed by atoms with van der Waals surface area (Å²) in [5.74, 6) is -0.360. The molecule has 0 aliphatic carbocycles. The number of hydrogen-bond acceptors (Lipinski definition) is 4. The Labute approximate surface area is 193 Å². The van der Waals surface area contributed by atoms with Gasteiger partial charge in [0.05, 0.1) is 10.6 Å². The standard InChI is InChI=1S/C26H19FN4O3/c27-21-8-6-18(7-9-21)24-13-19(26(32)29-28-24)12-20-16-30(15-17-4-2-1-3-5-17)25-11-10-22(31(33)34)14-23(20)25/h1-11,13-14,16H,12,15H2,(H,29,32). The first kappa shape index (κ1) is 21.3. The van der Waals surface area contributed by atoms with Crippen molar-refractivity contribution in [3.05, 3.63) is 128 Å². The van der Waals surface area contributed by atoms with Gasteiger partial charge in [-0.25, -0.2) is 9.49 Å². The van der Waals surface area contributed by atoms with E-state index in [0.29, 0.717) is 28.8 Å². The van der Waals surface area contributed by atoms with Crippen LogP contribution in [0, 0.1) is 15.9 Å². The van der Waals surface area contributed by atoms with E-state index in [2.05, 4.69) is 10.2 Å². The molecule has 3 aromatic carbocycles. The van der Waals surface area contributed by atoms with E-state index in [0.717, 1.165) is 16.6 Å². The molecule has 0 aliphatic rings. The van der Waals surface area contributed by atoms with Gasteiger partial charge in [-0.3, -0.25) is 14.9 Å². The van der Waals surface area contributed by atoms with Crippen LogP contribution in [0.25, 0.3) is 22.2 Å². The molecule has 0 amide bonds. The van der Waals surface area contributed by atoms with E-state index in [4.69, 9.17) is 0 Å². The van der Waals surface area contributed by atoms with Crippen LogP contribution in [0.5, 0.6) is 0 Å². The minimum atomic E-state index is -0.427. The second-order valence-electron chi connectivity index (χ2n) is 8.02. The molecule has 2 heterocycles. The third kappa shape index (κ3) is 4.21. The minimum absolute atomic E-state index is 0.0122. The largest absolute Gasteiger partial charge is 0.343 e. The van der Waals surface area contributed by atoms with E-state index in [-0.39, 0.29) is 23.5 Å². The molecule has 2 aromatic heterocycles. The molecule has 0 atom stereocenters. The SMILES string of the molecule is O=c1[nH]nc(-c2ccc(F)cc2)cc1Cc1cn(Cc2ccccc2)c2ccc([N+](=O)[O-])cc12. The number of aromatic nitrogens is 3. The lowest BCUT2D eigenvalue weighted by molar-refractivity contribution is -0.384. The average molecular weight is 454 g/mol. The molecule has 7 nitrogen and oxygen atoms in total. The lowest BCUT2D eigenvalue weighted by atomic mass is 10.0. The lowest BCUT2D eigenvalue weighted by Gasteiger charge is -2.05. The van der Waals surface area contributed by atoms with Gasteiger partial charge >= 0.3 is 0 Å². The number of fused-ring (bicyclic) bond motifs is 1. The number of nitro groups is 1. The molecule has 8 heteroatoms. The molecular formula is C26H19FN4O3. The highest BCUT2D eigenvalue weighted by Gasteiger charge is 2.16. The van der Waals surface area contributed by atoms with Crippen molar-refractivity contribution in [2.45, 2.75) is 13.0 Å². The Morgan fingerprint density at radius 2 is 1.74 bits per heavy atom. The Balaban J connectivity index is 1.58. The first-order valence-corrected chi connectivity index (χ1v) is 10.6. The summed E-state index contributed by atoms with van der Waals surface area (Å²) in [6.45, 7) is 0.586. The Hall–Kier alpha value is -4.59. The summed E-state index contributed by atoms with van der Waals surface area (Å²) in [7, 11) is 0. The van der Waals surface area contributed by atoms with Gasteiger partial charge in [-0.15, -0.1) is 0 Å². The average Bonchev–Trinajstić information content (AvgIpc) is 3.18. The maximum Gasteiger partial charge on any atom is 0.270 e. The Morgan fingerprint density at radius 1 is 0.971 bits per heavy atom. The molecule has 0 saturated carbocycles. The Bertz CT molecular complexity index is 1560. The van der Waals surface area contributed by atoms with Gasteiger partial charge in [0.25, 0.3) is 11.2 Å². The summed E-state index contributed by atoms with van der Waals surface area (Å²) in [5, 5.41) is 18.7. The highest BCUT2D eigenvalue weighted by atomic mass is 19.1. The van der Waals surface area contributed by atoms with Crippen molar-refractivity contribution in [1.29, 1.82) is 0 Å². The van der Waals surface area contributed by atoms with Gasteiger partial charge in [0.15, 0.2) is 0 Å². The van der Waals surface area contributed by atoms with Crippen LogP contribution >= 0.6 is 0 Å². The van der Waals surface area contributed by atoms with Crippen molar-refractivity contribution in [2.24, 2.45) is 0 Å². The summed E-state index contributed by atoms with van der Waals surface area (Å²) in [6.07, 6.45) is 2.18. The maximum absolute atomic E-state index is 13.3. The fraction of sp³-hybridized carbons (Fsp3) is 0.0769. The van der Waals surface area contributed by atoms with E-state index in [1.807, 2.05) is 41.1 Å². The van der Waals surface area contributed by atoms with Gasteiger partial charge in [-0.2, -0.15) is 5.10 Å². The van der Waals surface area contributed by atoms with Crippen LogP contribution in [-0.4, -0.2) is 19.7 Å². The topological polar surface area (TPSA) is 93.8 Å². The molecule has 5 aromatic rings. The smallest absolute Gasteiger partial charge is 0.270 e. The van der Waals surface area contributed by atoms with Crippen LogP contribution in [0.2, 0.25) is 0 Å². The fourth-order valence-electron chi connectivity index (χ4n) is 4.07. The Morgan fingerprint density at radius 3 is 2.47 bits per heavy atom. The first-order valence-electron chi connectivity index (χ1n) is 10.6. The highest BCUT2D eigenvalue weighted by Crippen LogP contribution is 2.28. The Kier molecular flexibility index (Phi) is 5.47. The zero-order chi connectivity index (χ0) is 23.7. The quantitative estimate of drug-likeness (QED) is 0.286. The number of halogens is 1.